The smallest absolute Gasteiger partial charge is 0.243 e. The monoisotopic (exact) mass is 446 g/mol. The molecular weight excluding hydrogens is 427 g/mol. The lowest BCUT2D eigenvalue weighted by Crippen LogP contribution is -2.26. The van der Waals surface area contributed by atoms with Crippen LogP contribution in [0.3, 0.4) is 0 Å². The van der Waals surface area contributed by atoms with Gasteiger partial charge in [-0.1, -0.05) is 23.5 Å². The Hall–Kier alpha value is -2.82. The van der Waals surface area contributed by atoms with E-state index in [1.807, 2.05) is 31.2 Å². The minimum Gasteiger partial charge on any atom is -0.497 e. The molecule has 4 rings (SSSR count). The van der Waals surface area contributed by atoms with Gasteiger partial charge in [0.25, 0.3) is 0 Å². The molecule has 30 heavy (non-hydrogen) atoms. The number of halogens is 1. The molecular formula is C20H19FN4O3S2. The first kappa shape index (κ1) is 20.5. The topological polar surface area (TPSA) is 85.6 Å². The van der Waals surface area contributed by atoms with Crippen LogP contribution in [0, 0.1) is 12.7 Å². The molecule has 0 saturated heterocycles. The molecule has 0 unspecified atom stereocenters. The zero-order chi connectivity index (χ0) is 21.3. The highest BCUT2D eigenvalue weighted by molar-refractivity contribution is 7.89. The first-order valence-corrected chi connectivity index (χ1v) is 11.4. The van der Waals surface area contributed by atoms with Gasteiger partial charge in [0.05, 0.1) is 12.8 Å². The van der Waals surface area contributed by atoms with Gasteiger partial charge in [-0.15, -0.1) is 5.10 Å². The third-order valence-electron chi connectivity index (χ3n) is 4.63. The molecule has 1 N–H and O–H groups in total. The summed E-state index contributed by atoms with van der Waals surface area (Å²) in [6, 6.07) is 12.8. The summed E-state index contributed by atoms with van der Waals surface area (Å²) in [7, 11) is -2.30. The van der Waals surface area contributed by atoms with E-state index in [1.165, 1.54) is 29.5 Å². The van der Waals surface area contributed by atoms with Crippen molar-refractivity contribution in [1.29, 1.82) is 0 Å². The Kier molecular flexibility index (Phi) is 5.54. The van der Waals surface area contributed by atoms with E-state index in [-0.39, 0.29) is 11.4 Å². The number of hydrogen-bond donors (Lipinski definition) is 1. The summed E-state index contributed by atoms with van der Waals surface area (Å²) in [5, 5.41) is 4.56. The van der Waals surface area contributed by atoms with E-state index in [0.717, 1.165) is 32.9 Å². The van der Waals surface area contributed by atoms with Crippen molar-refractivity contribution in [2.24, 2.45) is 0 Å². The van der Waals surface area contributed by atoms with Gasteiger partial charge in [0, 0.05) is 17.0 Å². The van der Waals surface area contributed by atoms with Crippen molar-refractivity contribution in [3.05, 3.63) is 64.9 Å². The van der Waals surface area contributed by atoms with E-state index in [2.05, 4.69) is 14.8 Å². The number of nitrogens with zero attached hydrogens (tertiary/aromatic N) is 3. The quantitative estimate of drug-likeness (QED) is 0.470. The second-order valence-corrected chi connectivity index (χ2v) is 9.34. The van der Waals surface area contributed by atoms with Crippen molar-refractivity contribution in [2.45, 2.75) is 18.2 Å². The molecule has 4 aromatic rings. The predicted molar refractivity (Wildman–Crippen MR) is 113 cm³/mol. The molecule has 2 heterocycles. The molecule has 0 aliphatic rings. The summed E-state index contributed by atoms with van der Waals surface area (Å²) in [5.41, 5.74) is 1.78. The Morgan fingerprint density at radius 2 is 1.90 bits per heavy atom. The Balaban J connectivity index is 1.48. The Bertz CT molecular complexity index is 1300. The van der Waals surface area contributed by atoms with Crippen LogP contribution in [-0.2, 0) is 16.4 Å². The highest BCUT2D eigenvalue weighted by Gasteiger charge is 2.19. The van der Waals surface area contributed by atoms with Gasteiger partial charge >= 0.3 is 0 Å². The van der Waals surface area contributed by atoms with Gasteiger partial charge in [0.1, 0.15) is 16.5 Å². The third-order valence-corrected chi connectivity index (χ3v) is 7.32. The van der Waals surface area contributed by atoms with Gasteiger partial charge in [-0.05, 0) is 49.7 Å². The highest BCUT2D eigenvalue weighted by Crippen LogP contribution is 2.26. The lowest BCUT2D eigenvalue weighted by atomic mass is 10.2. The number of methoxy groups -OCH3 is 1. The summed E-state index contributed by atoms with van der Waals surface area (Å²) in [6.07, 6.45) is 0.451. The van der Waals surface area contributed by atoms with Crippen LogP contribution < -0.4 is 9.46 Å². The van der Waals surface area contributed by atoms with Gasteiger partial charge in [0.2, 0.25) is 15.0 Å². The van der Waals surface area contributed by atoms with Gasteiger partial charge < -0.3 is 4.74 Å². The first-order chi connectivity index (χ1) is 14.4. The molecule has 0 atom stereocenters. The molecule has 0 aliphatic heterocycles. The maximum absolute atomic E-state index is 13.8. The van der Waals surface area contributed by atoms with Crippen molar-refractivity contribution in [1.82, 2.24) is 19.3 Å². The van der Waals surface area contributed by atoms with Crippen LogP contribution in [0.5, 0.6) is 5.75 Å². The minimum absolute atomic E-state index is 0.145. The van der Waals surface area contributed by atoms with Gasteiger partial charge in [0.15, 0.2) is 5.82 Å². The third kappa shape index (κ3) is 3.93. The molecule has 0 saturated carbocycles. The number of rotatable bonds is 7. The normalized spacial score (nSPS) is 11.8. The molecule has 0 spiro atoms. The van der Waals surface area contributed by atoms with Crippen molar-refractivity contribution >= 4 is 26.3 Å². The minimum atomic E-state index is -3.91. The van der Waals surface area contributed by atoms with Gasteiger partial charge in [-0.3, -0.25) is 0 Å². The number of benzene rings is 2. The standard InChI is InChI=1S/C20H19FN4O3S2/c1-13-17(11-12-22-30(26,27)18-6-4-3-5-16(18)21)29-20-23-19(24-25(13)20)14-7-9-15(28-2)10-8-14/h3-10,22H,11-12H2,1-2H3. The van der Waals surface area contributed by atoms with E-state index in [0.29, 0.717) is 12.2 Å². The molecule has 2 aromatic carbocycles. The van der Waals surface area contributed by atoms with Crippen LogP contribution >= 0.6 is 11.3 Å². The van der Waals surface area contributed by atoms with Crippen molar-refractivity contribution < 1.29 is 17.5 Å². The van der Waals surface area contributed by atoms with Crippen molar-refractivity contribution in [2.75, 3.05) is 13.7 Å². The summed E-state index contributed by atoms with van der Waals surface area (Å²) in [5.74, 6) is 0.598. The fraction of sp³-hybridized carbons (Fsp3) is 0.200. The molecule has 0 aliphatic carbocycles. The number of thiazole rings is 1. The summed E-state index contributed by atoms with van der Waals surface area (Å²) < 4.78 is 47.8. The van der Waals surface area contributed by atoms with E-state index in [9.17, 15) is 12.8 Å². The second kappa shape index (κ2) is 8.13. The Labute approximate surface area is 177 Å². The number of aryl methyl sites for hydroxylation is 1. The van der Waals surface area contributed by atoms with Crippen LogP contribution in [0.4, 0.5) is 4.39 Å². The zero-order valence-electron chi connectivity index (χ0n) is 16.3. The van der Waals surface area contributed by atoms with Crippen molar-refractivity contribution in [3.8, 4) is 17.1 Å². The average molecular weight is 447 g/mol. The molecule has 2 aromatic heterocycles. The van der Waals surface area contributed by atoms with Crippen LogP contribution in [0.15, 0.2) is 53.4 Å². The molecule has 0 bridgehead atoms. The van der Waals surface area contributed by atoms with E-state index in [1.54, 1.807) is 11.6 Å². The van der Waals surface area contributed by atoms with Gasteiger partial charge in [-0.2, -0.15) is 4.98 Å². The SMILES string of the molecule is COc1ccc(-c2nc3sc(CCNS(=O)(=O)c4ccccc4F)c(C)n3n2)cc1. The van der Waals surface area contributed by atoms with Crippen LogP contribution in [0.2, 0.25) is 0 Å². The lowest BCUT2D eigenvalue weighted by Gasteiger charge is -2.07. The number of hydrogen-bond acceptors (Lipinski definition) is 6. The number of sulfonamides is 1. The summed E-state index contributed by atoms with van der Waals surface area (Å²) in [4.78, 5) is 5.91. The Morgan fingerprint density at radius 1 is 1.17 bits per heavy atom. The molecule has 0 radical (unpaired) electrons. The largest absolute Gasteiger partial charge is 0.497 e. The van der Waals surface area contributed by atoms with Crippen LogP contribution in [0.1, 0.15) is 10.6 Å². The van der Waals surface area contributed by atoms with Crippen LogP contribution in [-0.4, -0.2) is 36.7 Å². The second-order valence-electron chi connectivity index (χ2n) is 6.55. The van der Waals surface area contributed by atoms with E-state index < -0.39 is 15.8 Å². The average Bonchev–Trinajstić information content (AvgIpc) is 3.28. The van der Waals surface area contributed by atoms with Gasteiger partial charge in [-0.25, -0.2) is 22.0 Å². The number of nitrogens with one attached hydrogen (secondary N) is 1. The Morgan fingerprint density at radius 3 is 2.57 bits per heavy atom. The lowest BCUT2D eigenvalue weighted by molar-refractivity contribution is 0.415. The zero-order valence-corrected chi connectivity index (χ0v) is 17.9. The number of fused-ring (bicyclic) bond motifs is 1. The predicted octanol–water partition coefficient (Wildman–Crippen LogP) is 3.43. The first-order valence-electron chi connectivity index (χ1n) is 9.13. The highest BCUT2D eigenvalue weighted by atomic mass is 32.2. The fourth-order valence-corrected chi connectivity index (χ4v) is 5.18. The molecule has 0 fully saturated rings. The maximum atomic E-state index is 13.8. The van der Waals surface area contributed by atoms with Crippen molar-refractivity contribution in [3.63, 3.8) is 0 Å². The molecule has 156 valence electrons. The number of ether oxygens (including phenoxy) is 1. The fourth-order valence-electron chi connectivity index (χ4n) is 3.02. The van der Waals surface area contributed by atoms with Crippen LogP contribution in [0.25, 0.3) is 16.3 Å². The molecule has 0 amide bonds. The summed E-state index contributed by atoms with van der Waals surface area (Å²) in [6.45, 7) is 2.06. The molecule has 10 heteroatoms. The molecule has 7 nitrogen and oxygen atoms in total. The van der Waals surface area contributed by atoms with E-state index >= 15 is 0 Å². The summed E-state index contributed by atoms with van der Waals surface area (Å²) >= 11 is 1.45. The number of aromatic nitrogens is 3. The van der Waals surface area contributed by atoms with E-state index in [4.69, 9.17) is 4.74 Å². The maximum Gasteiger partial charge on any atom is 0.243 e.